The molecule has 0 saturated carbocycles. The lowest BCUT2D eigenvalue weighted by Gasteiger charge is -2.17. The molecule has 0 fully saturated rings. The summed E-state index contributed by atoms with van der Waals surface area (Å²) >= 11 is 0. The zero-order valence-corrected chi connectivity index (χ0v) is 15.2. The fourth-order valence-corrected chi connectivity index (χ4v) is 3.46. The van der Waals surface area contributed by atoms with Crippen LogP contribution < -0.4 is 0 Å². The first-order chi connectivity index (χ1) is 11.4. The van der Waals surface area contributed by atoms with E-state index in [1.54, 1.807) is 4.68 Å². The van der Waals surface area contributed by atoms with Gasteiger partial charge in [-0.05, 0) is 39.8 Å². The minimum absolute atomic E-state index is 0.406. The van der Waals surface area contributed by atoms with Crippen molar-refractivity contribution in [3.8, 4) is 16.9 Å². The number of aryl methyl sites for hydroxylation is 1. The standard InChI is InChI=1S/C19H21N3OS/c1-14-10-12-15(13-11-14)17-18(24(23)19(2,3)4)20-21-22(17)16-8-6-5-7-9-16/h5-13H,1-4H3. The summed E-state index contributed by atoms with van der Waals surface area (Å²) in [5, 5.41) is 9.09. The van der Waals surface area contributed by atoms with Gasteiger partial charge in [0.05, 0.1) is 16.5 Å². The maximum atomic E-state index is 13.0. The Morgan fingerprint density at radius 2 is 1.58 bits per heavy atom. The van der Waals surface area contributed by atoms with E-state index in [0.717, 1.165) is 16.9 Å². The van der Waals surface area contributed by atoms with Crippen molar-refractivity contribution >= 4 is 10.8 Å². The van der Waals surface area contributed by atoms with Crippen LogP contribution in [-0.2, 0) is 10.8 Å². The third-order valence-corrected chi connectivity index (χ3v) is 5.44. The lowest BCUT2D eigenvalue weighted by Crippen LogP contribution is -2.22. The molecule has 0 amide bonds. The zero-order valence-electron chi connectivity index (χ0n) is 14.4. The van der Waals surface area contributed by atoms with Gasteiger partial charge in [-0.2, -0.15) is 0 Å². The maximum absolute atomic E-state index is 13.0. The highest BCUT2D eigenvalue weighted by atomic mass is 32.2. The number of nitrogens with zero attached hydrogens (tertiary/aromatic N) is 3. The van der Waals surface area contributed by atoms with Crippen molar-refractivity contribution in [3.63, 3.8) is 0 Å². The molecule has 4 nitrogen and oxygen atoms in total. The van der Waals surface area contributed by atoms with Crippen LogP contribution in [-0.4, -0.2) is 23.9 Å². The molecule has 24 heavy (non-hydrogen) atoms. The second-order valence-corrected chi connectivity index (χ2v) is 8.89. The number of rotatable bonds is 3. The molecule has 1 atom stereocenters. The van der Waals surface area contributed by atoms with E-state index >= 15 is 0 Å². The largest absolute Gasteiger partial charge is 0.252 e. The van der Waals surface area contributed by atoms with Crippen LogP contribution >= 0.6 is 0 Å². The Morgan fingerprint density at radius 1 is 0.958 bits per heavy atom. The van der Waals surface area contributed by atoms with Crippen molar-refractivity contribution in [2.75, 3.05) is 0 Å². The van der Waals surface area contributed by atoms with Gasteiger partial charge in [0, 0.05) is 10.3 Å². The molecule has 3 rings (SSSR count). The normalized spacial score (nSPS) is 13.0. The molecule has 0 aliphatic heterocycles. The molecular weight excluding hydrogens is 318 g/mol. The number of hydrogen-bond donors (Lipinski definition) is 0. The van der Waals surface area contributed by atoms with Crippen LogP contribution in [0.3, 0.4) is 0 Å². The Balaban J connectivity index is 2.23. The fourth-order valence-electron chi connectivity index (χ4n) is 2.39. The molecule has 0 saturated heterocycles. The van der Waals surface area contributed by atoms with E-state index in [1.807, 2.05) is 82.3 Å². The summed E-state index contributed by atoms with van der Waals surface area (Å²) in [5.74, 6) is 0. The van der Waals surface area contributed by atoms with Gasteiger partial charge in [0.1, 0.15) is 5.69 Å². The van der Waals surface area contributed by atoms with E-state index in [-0.39, 0.29) is 0 Å². The van der Waals surface area contributed by atoms with Crippen LogP contribution in [0.15, 0.2) is 59.6 Å². The Bertz CT molecular complexity index is 862. The van der Waals surface area contributed by atoms with Gasteiger partial charge in [0.25, 0.3) is 0 Å². The quantitative estimate of drug-likeness (QED) is 0.720. The zero-order chi connectivity index (χ0) is 17.3. The predicted octanol–water partition coefficient (Wildman–Crippen LogP) is 4.15. The van der Waals surface area contributed by atoms with Crippen LogP contribution in [0, 0.1) is 6.92 Å². The van der Waals surface area contributed by atoms with Gasteiger partial charge < -0.3 is 0 Å². The molecule has 1 unspecified atom stereocenters. The lowest BCUT2D eigenvalue weighted by molar-refractivity contribution is 0.645. The van der Waals surface area contributed by atoms with Crippen LogP contribution in [0.1, 0.15) is 26.3 Å². The van der Waals surface area contributed by atoms with Crippen LogP contribution in [0.25, 0.3) is 16.9 Å². The predicted molar refractivity (Wildman–Crippen MR) is 97.7 cm³/mol. The monoisotopic (exact) mass is 339 g/mol. The summed E-state index contributed by atoms with van der Waals surface area (Å²) in [6.07, 6.45) is 0. The van der Waals surface area contributed by atoms with Gasteiger partial charge in [-0.25, -0.2) is 4.68 Å². The molecule has 0 spiro atoms. The van der Waals surface area contributed by atoms with E-state index in [2.05, 4.69) is 10.3 Å². The van der Waals surface area contributed by atoms with Crippen LogP contribution in [0.4, 0.5) is 0 Å². The number of para-hydroxylation sites is 1. The molecule has 2 aromatic carbocycles. The van der Waals surface area contributed by atoms with Crippen molar-refractivity contribution in [1.29, 1.82) is 0 Å². The van der Waals surface area contributed by atoms with Crippen LogP contribution in [0.5, 0.6) is 0 Å². The summed E-state index contributed by atoms with van der Waals surface area (Å²) in [6.45, 7) is 7.89. The van der Waals surface area contributed by atoms with Gasteiger partial charge in [0.2, 0.25) is 0 Å². The van der Waals surface area contributed by atoms with Crippen LogP contribution in [0.2, 0.25) is 0 Å². The smallest absolute Gasteiger partial charge is 0.178 e. The Hall–Kier alpha value is -2.27. The third kappa shape index (κ3) is 3.17. The minimum atomic E-state index is -1.27. The molecule has 1 aromatic heterocycles. The molecule has 0 aliphatic carbocycles. The molecule has 0 bridgehead atoms. The van der Waals surface area contributed by atoms with E-state index < -0.39 is 15.5 Å². The minimum Gasteiger partial charge on any atom is -0.252 e. The maximum Gasteiger partial charge on any atom is 0.178 e. The Morgan fingerprint density at radius 3 is 2.17 bits per heavy atom. The fraction of sp³-hybridized carbons (Fsp3) is 0.263. The van der Waals surface area contributed by atoms with Crippen molar-refractivity contribution < 1.29 is 4.21 Å². The van der Waals surface area contributed by atoms with Crippen molar-refractivity contribution in [3.05, 3.63) is 60.2 Å². The molecule has 5 heteroatoms. The SMILES string of the molecule is Cc1ccc(-c2c(S(=O)C(C)(C)C)nnn2-c2ccccc2)cc1. The van der Waals surface area contributed by atoms with Crippen molar-refractivity contribution in [2.24, 2.45) is 0 Å². The molecule has 1 heterocycles. The topological polar surface area (TPSA) is 47.8 Å². The molecule has 3 aromatic rings. The summed E-state index contributed by atoms with van der Waals surface area (Å²) in [4.78, 5) is 0. The molecule has 124 valence electrons. The van der Waals surface area contributed by atoms with Crippen molar-refractivity contribution in [2.45, 2.75) is 37.5 Å². The van der Waals surface area contributed by atoms with E-state index in [1.165, 1.54) is 5.56 Å². The van der Waals surface area contributed by atoms with Gasteiger partial charge in [-0.15, -0.1) is 5.10 Å². The molecular formula is C19H21N3OS. The molecule has 0 aliphatic rings. The van der Waals surface area contributed by atoms with Gasteiger partial charge >= 0.3 is 0 Å². The summed E-state index contributed by atoms with van der Waals surface area (Å²) in [7, 11) is -1.27. The van der Waals surface area contributed by atoms with E-state index in [0.29, 0.717) is 5.03 Å². The first-order valence-corrected chi connectivity index (χ1v) is 9.03. The summed E-state index contributed by atoms with van der Waals surface area (Å²) < 4.78 is 14.3. The van der Waals surface area contributed by atoms with Crippen molar-refractivity contribution in [1.82, 2.24) is 15.0 Å². The summed E-state index contributed by atoms with van der Waals surface area (Å²) in [5.41, 5.74) is 3.82. The number of hydrogen-bond acceptors (Lipinski definition) is 3. The van der Waals surface area contributed by atoms with E-state index in [9.17, 15) is 4.21 Å². The van der Waals surface area contributed by atoms with Gasteiger partial charge in [-0.3, -0.25) is 4.21 Å². The third-order valence-electron chi connectivity index (χ3n) is 3.70. The molecule has 0 N–H and O–H groups in total. The number of benzene rings is 2. The average molecular weight is 339 g/mol. The first kappa shape index (κ1) is 16.6. The first-order valence-electron chi connectivity index (χ1n) is 7.88. The van der Waals surface area contributed by atoms with Gasteiger partial charge in [0.15, 0.2) is 5.03 Å². The highest BCUT2D eigenvalue weighted by molar-refractivity contribution is 7.86. The number of aromatic nitrogens is 3. The Labute approximate surface area is 145 Å². The highest BCUT2D eigenvalue weighted by Crippen LogP contribution is 2.31. The van der Waals surface area contributed by atoms with E-state index in [4.69, 9.17) is 0 Å². The second-order valence-electron chi connectivity index (χ2n) is 6.74. The summed E-state index contributed by atoms with van der Waals surface area (Å²) in [6, 6.07) is 17.9. The average Bonchev–Trinajstić information content (AvgIpc) is 2.99. The highest BCUT2D eigenvalue weighted by Gasteiger charge is 2.29. The second kappa shape index (κ2) is 6.32. The van der Waals surface area contributed by atoms with Gasteiger partial charge in [-0.1, -0.05) is 53.2 Å². The molecule has 0 radical (unpaired) electrons. The lowest BCUT2D eigenvalue weighted by atomic mass is 10.1. The Kier molecular flexibility index (Phi) is 4.37.